The smallest absolute Gasteiger partial charge is 0.333 e. The first-order chi connectivity index (χ1) is 5.87. The second-order valence-corrected chi connectivity index (χ2v) is 10.6. The van der Waals surface area contributed by atoms with E-state index in [1.165, 1.54) is 0 Å². The number of rotatable bonds is 5. The van der Waals surface area contributed by atoms with Gasteiger partial charge in [0.15, 0.2) is 7.38 Å². The van der Waals surface area contributed by atoms with Gasteiger partial charge in [-0.15, -0.1) is 0 Å². The molecular weight excluding hydrogens is 204 g/mol. The minimum Gasteiger partial charge on any atom is -0.463 e. The van der Waals surface area contributed by atoms with Crippen LogP contribution in [-0.2, 0) is 9.53 Å². The second kappa shape index (κ2) is 5.45. The van der Waals surface area contributed by atoms with E-state index < -0.39 is 7.38 Å². The largest absolute Gasteiger partial charge is 0.463 e. The summed E-state index contributed by atoms with van der Waals surface area (Å²) in [5, 5.41) is 0. The Balaban J connectivity index is 3.66. The molecule has 0 spiro atoms. The standard InChI is InChI=1S/C9H17ClO2Si/c1-5-8(2)9(11)12-6-7-13(3,4)10/h2,5-7H2,1,3-4H3. The fourth-order valence-corrected chi connectivity index (χ4v) is 1.45. The minimum atomic E-state index is -1.60. The van der Waals surface area contributed by atoms with Gasteiger partial charge in [-0.25, -0.2) is 4.79 Å². The summed E-state index contributed by atoms with van der Waals surface area (Å²) in [6, 6.07) is 0.789. The lowest BCUT2D eigenvalue weighted by molar-refractivity contribution is -0.138. The van der Waals surface area contributed by atoms with Crippen LogP contribution in [0.15, 0.2) is 12.2 Å². The van der Waals surface area contributed by atoms with Crippen molar-refractivity contribution in [2.45, 2.75) is 32.5 Å². The maximum absolute atomic E-state index is 11.1. The highest BCUT2D eigenvalue weighted by Crippen LogP contribution is 2.14. The van der Waals surface area contributed by atoms with Crippen LogP contribution in [0.4, 0.5) is 0 Å². The SMILES string of the molecule is C=C(CC)C(=O)OCC[Si](C)(C)Cl. The molecule has 0 aromatic rings. The van der Waals surface area contributed by atoms with Gasteiger partial charge in [0.1, 0.15) is 0 Å². The van der Waals surface area contributed by atoms with Crippen molar-refractivity contribution in [3.8, 4) is 0 Å². The monoisotopic (exact) mass is 220 g/mol. The zero-order valence-electron chi connectivity index (χ0n) is 8.52. The lowest BCUT2D eigenvalue weighted by Crippen LogP contribution is -2.20. The quantitative estimate of drug-likeness (QED) is 0.308. The maximum atomic E-state index is 11.1. The molecule has 0 rings (SSSR count). The molecular formula is C9H17ClO2Si. The highest BCUT2D eigenvalue weighted by Gasteiger charge is 2.17. The molecule has 0 atom stereocenters. The van der Waals surface area contributed by atoms with Crippen LogP contribution in [0.1, 0.15) is 13.3 Å². The Labute approximate surface area is 85.6 Å². The van der Waals surface area contributed by atoms with E-state index in [1.54, 1.807) is 0 Å². The summed E-state index contributed by atoms with van der Waals surface area (Å²) in [4.78, 5) is 11.1. The summed E-state index contributed by atoms with van der Waals surface area (Å²) in [6.07, 6.45) is 0.639. The average molecular weight is 221 g/mol. The number of halogens is 1. The van der Waals surface area contributed by atoms with Gasteiger partial charge in [0, 0.05) is 5.57 Å². The summed E-state index contributed by atoms with van der Waals surface area (Å²) in [5.74, 6) is -0.294. The Morgan fingerprint density at radius 2 is 2.08 bits per heavy atom. The van der Waals surface area contributed by atoms with Gasteiger partial charge in [0.05, 0.1) is 6.61 Å². The number of hydrogen-bond donors (Lipinski definition) is 0. The van der Waals surface area contributed by atoms with Gasteiger partial charge in [0.2, 0.25) is 0 Å². The maximum Gasteiger partial charge on any atom is 0.333 e. The Bertz CT molecular complexity index is 196. The Kier molecular flexibility index (Phi) is 5.33. The molecule has 0 aliphatic rings. The van der Waals surface area contributed by atoms with Crippen molar-refractivity contribution in [2.75, 3.05) is 6.61 Å². The van der Waals surface area contributed by atoms with Crippen LogP contribution in [0.2, 0.25) is 19.1 Å². The second-order valence-electron chi connectivity index (χ2n) is 3.56. The number of carbonyl (C=O) groups is 1. The fraction of sp³-hybridized carbons (Fsp3) is 0.667. The molecule has 0 aliphatic carbocycles. The molecule has 0 aliphatic heterocycles. The average Bonchev–Trinajstić information content (AvgIpc) is 2.00. The van der Waals surface area contributed by atoms with Crippen molar-refractivity contribution in [2.24, 2.45) is 0 Å². The third-order valence-electron chi connectivity index (χ3n) is 1.65. The minimum absolute atomic E-state index is 0.294. The molecule has 0 amide bonds. The summed E-state index contributed by atoms with van der Waals surface area (Å²) >= 11 is 6.06. The van der Waals surface area contributed by atoms with E-state index in [-0.39, 0.29) is 5.97 Å². The first-order valence-corrected chi connectivity index (χ1v) is 8.62. The molecule has 0 unspecified atom stereocenters. The highest BCUT2D eigenvalue weighted by atomic mass is 35.6. The van der Waals surface area contributed by atoms with E-state index >= 15 is 0 Å². The molecule has 0 bridgehead atoms. The topological polar surface area (TPSA) is 26.3 Å². The molecule has 2 nitrogen and oxygen atoms in total. The molecule has 0 aromatic carbocycles. The number of esters is 1. The molecule has 4 heteroatoms. The van der Waals surface area contributed by atoms with E-state index in [1.807, 2.05) is 20.0 Å². The van der Waals surface area contributed by atoms with Gasteiger partial charge in [0.25, 0.3) is 0 Å². The van der Waals surface area contributed by atoms with Crippen molar-refractivity contribution >= 4 is 24.4 Å². The predicted octanol–water partition coefficient (Wildman–Crippen LogP) is 2.94. The number of carbonyl (C=O) groups excluding carboxylic acids is 1. The Morgan fingerprint density at radius 3 is 2.46 bits per heavy atom. The molecule has 0 heterocycles. The zero-order chi connectivity index (χ0) is 10.5. The van der Waals surface area contributed by atoms with Crippen molar-refractivity contribution in [1.82, 2.24) is 0 Å². The number of hydrogen-bond acceptors (Lipinski definition) is 2. The van der Waals surface area contributed by atoms with Crippen molar-refractivity contribution in [3.05, 3.63) is 12.2 Å². The van der Waals surface area contributed by atoms with Gasteiger partial charge in [-0.3, -0.25) is 0 Å². The van der Waals surface area contributed by atoms with Crippen molar-refractivity contribution < 1.29 is 9.53 Å². The van der Waals surface area contributed by atoms with Crippen molar-refractivity contribution in [3.63, 3.8) is 0 Å². The molecule has 13 heavy (non-hydrogen) atoms. The Morgan fingerprint density at radius 1 is 1.54 bits per heavy atom. The molecule has 0 aromatic heterocycles. The van der Waals surface area contributed by atoms with Crippen molar-refractivity contribution in [1.29, 1.82) is 0 Å². The fourth-order valence-electron chi connectivity index (χ4n) is 0.633. The van der Waals surface area contributed by atoms with Gasteiger partial charge < -0.3 is 4.74 Å². The zero-order valence-corrected chi connectivity index (χ0v) is 10.3. The van der Waals surface area contributed by atoms with E-state index in [9.17, 15) is 4.79 Å². The summed E-state index contributed by atoms with van der Waals surface area (Å²) in [6.45, 7) is 9.94. The third-order valence-corrected chi connectivity index (χ3v) is 3.61. The molecule has 0 N–H and O–H groups in total. The molecule has 76 valence electrons. The molecule has 0 saturated carbocycles. The summed E-state index contributed by atoms with van der Waals surface area (Å²) in [7, 11) is -1.60. The van der Waals surface area contributed by atoms with Crippen LogP contribution in [0.25, 0.3) is 0 Å². The molecule has 0 radical (unpaired) electrons. The van der Waals surface area contributed by atoms with Crippen LogP contribution < -0.4 is 0 Å². The summed E-state index contributed by atoms with van der Waals surface area (Å²) < 4.78 is 4.98. The molecule has 0 saturated heterocycles. The first kappa shape index (κ1) is 12.7. The Hall–Kier alpha value is -0.283. The lowest BCUT2D eigenvalue weighted by atomic mass is 10.2. The van der Waals surface area contributed by atoms with E-state index in [0.717, 1.165) is 6.04 Å². The van der Waals surface area contributed by atoms with E-state index in [4.69, 9.17) is 15.8 Å². The van der Waals surface area contributed by atoms with E-state index in [0.29, 0.717) is 18.6 Å². The normalized spacial score (nSPS) is 11.1. The van der Waals surface area contributed by atoms with Crippen LogP contribution in [0.5, 0.6) is 0 Å². The van der Waals surface area contributed by atoms with Gasteiger partial charge >= 0.3 is 5.97 Å². The van der Waals surface area contributed by atoms with Gasteiger partial charge in [-0.2, -0.15) is 11.1 Å². The first-order valence-electron chi connectivity index (χ1n) is 4.40. The van der Waals surface area contributed by atoms with Crippen LogP contribution in [0.3, 0.4) is 0 Å². The summed E-state index contributed by atoms with van der Waals surface area (Å²) in [5.41, 5.74) is 0.522. The van der Waals surface area contributed by atoms with Crippen LogP contribution in [0, 0.1) is 0 Å². The third kappa shape index (κ3) is 6.84. The highest BCUT2D eigenvalue weighted by molar-refractivity contribution is 7.19. The van der Waals surface area contributed by atoms with Gasteiger partial charge in [-0.1, -0.05) is 26.6 Å². The van der Waals surface area contributed by atoms with Crippen LogP contribution in [-0.4, -0.2) is 20.0 Å². The number of ether oxygens (including phenoxy) is 1. The van der Waals surface area contributed by atoms with Crippen LogP contribution >= 0.6 is 11.1 Å². The lowest BCUT2D eigenvalue weighted by Gasteiger charge is -2.12. The molecule has 0 fully saturated rings. The van der Waals surface area contributed by atoms with Gasteiger partial charge in [-0.05, 0) is 12.5 Å². The predicted molar refractivity (Wildman–Crippen MR) is 58.5 cm³/mol. The van der Waals surface area contributed by atoms with E-state index in [2.05, 4.69) is 6.58 Å².